The van der Waals surface area contributed by atoms with E-state index < -0.39 is 11.9 Å². The van der Waals surface area contributed by atoms with Gasteiger partial charge in [-0.3, -0.25) is 4.98 Å². The Morgan fingerprint density at radius 3 is 2.76 bits per heavy atom. The third-order valence-corrected chi connectivity index (χ3v) is 6.20. The molecule has 0 spiro atoms. The second-order valence-electron chi connectivity index (χ2n) is 8.71. The van der Waals surface area contributed by atoms with Gasteiger partial charge >= 0.3 is 6.18 Å². The summed E-state index contributed by atoms with van der Waals surface area (Å²) >= 11 is 0. The summed E-state index contributed by atoms with van der Waals surface area (Å²) in [5.41, 5.74) is 4.34. The zero-order chi connectivity index (χ0) is 23.2. The number of fused-ring (bicyclic) bond motifs is 1. The maximum Gasteiger partial charge on any atom is 0.437 e. The highest BCUT2D eigenvalue weighted by molar-refractivity contribution is 5.67. The van der Waals surface area contributed by atoms with Crippen molar-refractivity contribution in [1.29, 1.82) is 0 Å². The van der Waals surface area contributed by atoms with Crippen molar-refractivity contribution in [1.82, 2.24) is 29.9 Å². The van der Waals surface area contributed by atoms with Crippen LogP contribution < -0.4 is 0 Å². The number of H-pyrrole nitrogens is 1. The fourth-order valence-corrected chi connectivity index (χ4v) is 4.70. The van der Waals surface area contributed by atoms with E-state index in [0.29, 0.717) is 23.2 Å². The molecule has 0 aliphatic heterocycles. The summed E-state index contributed by atoms with van der Waals surface area (Å²) in [6, 6.07) is 9.62. The molecule has 1 aliphatic carbocycles. The number of aryl methyl sites for hydroxylation is 1. The Labute approximate surface area is 188 Å². The summed E-state index contributed by atoms with van der Waals surface area (Å²) in [7, 11) is 0. The van der Waals surface area contributed by atoms with Crippen molar-refractivity contribution in [3.63, 3.8) is 0 Å². The van der Waals surface area contributed by atoms with Gasteiger partial charge in [0.25, 0.3) is 0 Å². The van der Waals surface area contributed by atoms with E-state index in [1.807, 2.05) is 10.8 Å². The third kappa shape index (κ3) is 4.03. The van der Waals surface area contributed by atoms with E-state index in [2.05, 4.69) is 57.4 Å². The third-order valence-electron chi connectivity index (χ3n) is 6.20. The molecule has 6 nitrogen and oxygen atoms in total. The Morgan fingerprint density at radius 1 is 1.12 bits per heavy atom. The van der Waals surface area contributed by atoms with Crippen molar-refractivity contribution in [3.05, 3.63) is 71.4 Å². The van der Waals surface area contributed by atoms with Crippen molar-refractivity contribution >= 4 is 0 Å². The average Bonchev–Trinajstić information content (AvgIpc) is 3.53. The molecule has 0 amide bonds. The van der Waals surface area contributed by atoms with Gasteiger partial charge in [-0.15, -0.1) is 0 Å². The lowest BCUT2D eigenvalue weighted by Gasteiger charge is -2.18. The molecular formula is C24H23F3N6. The van der Waals surface area contributed by atoms with Gasteiger partial charge in [0.15, 0.2) is 5.69 Å². The van der Waals surface area contributed by atoms with Crippen LogP contribution in [0, 0.1) is 0 Å². The van der Waals surface area contributed by atoms with Crippen LogP contribution in [0.4, 0.5) is 13.2 Å². The minimum atomic E-state index is -4.60. The van der Waals surface area contributed by atoms with Crippen LogP contribution in [-0.4, -0.2) is 29.9 Å². The highest BCUT2D eigenvalue weighted by Crippen LogP contribution is 2.39. The molecule has 0 fully saturated rings. The topological polar surface area (TPSA) is 72.3 Å². The Kier molecular flexibility index (Phi) is 5.26. The standard InChI is InChI=1S/C24H23F3N6/c1-14(2)18-5-3-4-15-6-7-17(21(15)18)11-33-12-20(29-13-33)19-10-16(8-9-28-19)22-23(24(25,26)27)31-32-30-22/h3-5,8-10,12-14,17H,6-7,11H2,1-2H3,(H,30,31,32)/t17-/m0/s1. The molecule has 4 aromatic rings. The molecule has 0 unspecified atom stereocenters. The first kappa shape index (κ1) is 21.4. The van der Waals surface area contributed by atoms with Crippen LogP contribution in [0.1, 0.15) is 54.5 Å². The number of benzene rings is 1. The number of rotatable bonds is 5. The molecule has 0 bridgehead atoms. The number of halogens is 3. The summed E-state index contributed by atoms with van der Waals surface area (Å²) in [6.45, 7) is 5.24. The number of pyridine rings is 1. The fraction of sp³-hybridized carbons (Fsp3) is 0.333. The summed E-state index contributed by atoms with van der Waals surface area (Å²) in [6.07, 6.45) is 2.69. The Morgan fingerprint density at radius 2 is 1.97 bits per heavy atom. The monoisotopic (exact) mass is 452 g/mol. The van der Waals surface area contributed by atoms with E-state index >= 15 is 0 Å². The van der Waals surface area contributed by atoms with Crippen LogP contribution in [0.3, 0.4) is 0 Å². The van der Waals surface area contributed by atoms with Gasteiger partial charge in [-0.25, -0.2) is 4.98 Å². The zero-order valence-electron chi connectivity index (χ0n) is 18.3. The summed E-state index contributed by atoms with van der Waals surface area (Å²) < 4.78 is 41.7. The van der Waals surface area contributed by atoms with Crippen molar-refractivity contribution in [2.45, 2.75) is 51.2 Å². The molecule has 1 aromatic carbocycles. The second-order valence-corrected chi connectivity index (χ2v) is 8.71. The van der Waals surface area contributed by atoms with Gasteiger partial charge in [0, 0.05) is 30.4 Å². The molecule has 0 radical (unpaired) electrons. The van der Waals surface area contributed by atoms with Crippen LogP contribution in [0.15, 0.2) is 49.1 Å². The number of nitrogens with one attached hydrogen (secondary N) is 1. The number of aromatic nitrogens is 6. The van der Waals surface area contributed by atoms with Crippen molar-refractivity contribution < 1.29 is 13.2 Å². The molecule has 3 heterocycles. The molecule has 33 heavy (non-hydrogen) atoms. The number of hydrogen-bond acceptors (Lipinski definition) is 4. The van der Waals surface area contributed by atoms with Gasteiger partial charge in [0.2, 0.25) is 0 Å². The Bertz CT molecular complexity index is 1290. The van der Waals surface area contributed by atoms with Crippen LogP contribution in [0.25, 0.3) is 22.6 Å². The Hall–Kier alpha value is -3.49. The number of imidazole rings is 1. The molecule has 1 aliphatic rings. The number of aromatic amines is 1. The van der Waals surface area contributed by atoms with Crippen molar-refractivity contribution in [3.8, 4) is 22.6 Å². The number of hydrogen-bond donors (Lipinski definition) is 1. The minimum Gasteiger partial charge on any atom is -0.336 e. The highest BCUT2D eigenvalue weighted by atomic mass is 19.4. The van der Waals surface area contributed by atoms with Crippen molar-refractivity contribution in [2.24, 2.45) is 0 Å². The average molecular weight is 452 g/mol. The summed E-state index contributed by atoms with van der Waals surface area (Å²) in [5, 5.41) is 9.03. The predicted molar refractivity (Wildman–Crippen MR) is 117 cm³/mol. The van der Waals surface area contributed by atoms with Crippen LogP contribution in [0.2, 0.25) is 0 Å². The van der Waals surface area contributed by atoms with Crippen LogP contribution in [-0.2, 0) is 19.1 Å². The first-order valence-electron chi connectivity index (χ1n) is 10.9. The fourth-order valence-electron chi connectivity index (χ4n) is 4.70. The SMILES string of the molecule is CC(C)c1cccc2c1[C@H](Cn1cnc(-c3cc(-c4n[nH]nc4C(F)(F)F)ccn3)c1)CC2. The summed E-state index contributed by atoms with van der Waals surface area (Å²) in [5.74, 6) is 0.869. The molecule has 0 saturated carbocycles. The number of alkyl halides is 3. The predicted octanol–water partition coefficient (Wildman–Crippen LogP) is 5.60. The molecule has 5 rings (SSSR count). The minimum absolute atomic E-state index is 0.255. The maximum atomic E-state index is 13.2. The zero-order valence-corrected chi connectivity index (χ0v) is 18.3. The van der Waals surface area contributed by atoms with Gasteiger partial charge < -0.3 is 4.57 Å². The second kappa shape index (κ2) is 8.13. The molecule has 1 N–H and O–H groups in total. The van der Waals surface area contributed by atoms with E-state index in [0.717, 1.165) is 19.4 Å². The van der Waals surface area contributed by atoms with E-state index in [9.17, 15) is 13.2 Å². The Balaban J connectivity index is 1.41. The largest absolute Gasteiger partial charge is 0.437 e. The van der Waals surface area contributed by atoms with Gasteiger partial charge in [0.05, 0.1) is 12.0 Å². The first-order valence-corrected chi connectivity index (χ1v) is 10.9. The van der Waals surface area contributed by atoms with Gasteiger partial charge in [-0.2, -0.15) is 28.6 Å². The van der Waals surface area contributed by atoms with E-state index in [1.54, 1.807) is 12.4 Å². The van der Waals surface area contributed by atoms with Gasteiger partial charge in [-0.1, -0.05) is 32.0 Å². The maximum absolute atomic E-state index is 13.2. The summed E-state index contributed by atoms with van der Waals surface area (Å²) in [4.78, 5) is 8.78. The molecular weight excluding hydrogens is 429 g/mol. The first-order chi connectivity index (χ1) is 15.8. The number of nitrogens with zero attached hydrogens (tertiary/aromatic N) is 5. The molecule has 0 saturated heterocycles. The normalized spacial score (nSPS) is 15.9. The van der Waals surface area contributed by atoms with E-state index in [1.165, 1.54) is 29.0 Å². The molecule has 3 aromatic heterocycles. The highest BCUT2D eigenvalue weighted by Gasteiger charge is 2.38. The lowest BCUT2D eigenvalue weighted by molar-refractivity contribution is -0.140. The van der Waals surface area contributed by atoms with E-state index in [4.69, 9.17) is 0 Å². The van der Waals surface area contributed by atoms with Crippen LogP contribution in [0.5, 0.6) is 0 Å². The van der Waals surface area contributed by atoms with Gasteiger partial charge in [0.1, 0.15) is 11.4 Å². The lowest BCUT2D eigenvalue weighted by Crippen LogP contribution is -2.08. The quantitative estimate of drug-likeness (QED) is 0.428. The molecule has 170 valence electrons. The van der Waals surface area contributed by atoms with Crippen LogP contribution >= 0.6 is 0 Å². The lowest BCUT2D eigenvalue weighted by atomic mass is 9.89. The molecule has 1 atom stereocenters. The van der Waals surface area contributed by atoms with Crippen molar-refractivity contribution in [2.75, 3.05) is 0 Å². The van der Waals surface area contributed by atoms with E-state index in [-0.39, 0.29) is 11.3 Å². The molecule has 9 heteroatoms. The van der Waals surface area contributed by atoms with Gasteiger partial charge in [-0.05, 0) is 47.6 Å². The smallest absolute Gasteiger partial charge is 0.336 e.